The molecule has 21 heavy (non-hydrogen) atoms. The molecule has 1 unspecified atom stereocenters. The highest BCUT2D eigenvalue weighted by molar-refractivity contribution is 5.85. The standard InChI is InChI=1S/C15H25N3O2.ClH/c1-16-11-13(19)12-17-7-9-18(10-8-17)14-5-3-4-6-15(14)20-2;/h3-6,13,16,19H,7-12H2,1-2H3;1H. The molecule has 0 spiro atoms. The molecule has 1 aromatic carbocycles. The molecule has 1 aromatic rings. The van der Waals surface area contributed by atoms with Crippen molar-refractivity contribution < 1.29 is 9.84 Å². The Kier molecular flexibility index (Phi) is 7.82. The van der Waals surface area contributed by atoms with Crippen molar-refractivity contribution in [1.29, 1.82) is 0 Å². The molecule has 120 valence electrons. The maximum Gasteiger partial charge on any atom is 0.142 e. The zero-order chi connectivity index (χ0) is 14.4. The lowest BCUT2D eigenvalue weighted by atomic mass is 10.2. The third-order valence-corrected chi connectivity index (χ3v) is 3.71. The highest BCUT2D eigenvalue weighted by atomic mass is 35.5. The number of halogens is 1. The zero-order valence-corrected chi connectivity index (χ0v) is 13.6. The normalized spacial score (nSPS) is 17.2. The smallest absolute Gasteiger partial charge is 0.142 e. The van der Waals surface area contributed by atoms with Gasteiger partial charge in [-0.05, 0) is 19.2 Å². The number of aliphatic hydroxyl groups excluding tert-OH is 1. The fourth-order valence-electron chi connectivity index (χ4n) is 2.66. The van der Waals surface area contributed by atoms with E-state index < -0.39 is 0 Å². The van der Waals surface area contributed by atoms with Gasteiger partial charge in [0.15, 0.2) is 0 Å². The molecule has 1 heterocycles. The molecular formula is C15H26ClN3O2. The van der Waals surface area contributed by atoms with E-state index in [9.17, 15) is 5.11 Å². The summed E-state index contributed by atoms with van der Waals surface area (Å²) in [5, 5.41) is 12.8. The van der Waals surface area contributed by atoms with Crippen molar-refractivity contribution in [2.24, 2.45) is 0 Å². The predicted octanol–water partition coefficient (Wildman–Crippen LogP) is 0.819. The highest BCUT2D eigenvalue weighted by Crippen LogP contribution is 2.28. The number of hydrogen-bond acceptors (Lipinski definition) is 5. The molecule has 2 rings (SSSR count). The Bertz CT molecular complexity index is 412. The number of likely N-dealkylation sites (N-methyl/N-ethyl adjacent to an activating group) is 1. The number of nitrogens with one attached hydrogen (secondary N) is 1. The Hall–Kier alpha value is -1.01. The fourth-order valence-corrected chi connectivity index (χ4v) is 2.66. The number of aliphatic hydroxyl groups is 1. The molecule has 2 N–H and O–H groups in total. The lowest BCUT2D eigenvalue weighted by Gasteiger charge is -2.37. The van der Waals surface area contributed by atoms with Gasteiger partial charge in [0.1, 0.15) is 5.75 Å². The number of rotatable bonds is 6. The van der Waals surface area contributed by atoms with Gasteiger partial charge in [0.25, 0.3) is 0 Å². The summed E-state index contributed by atoms with van der Waals surface area (Å²) >= 11 is 0. The number of anilines is 1. The van der Waals surface area contributed by atoms with E-state index in [1.807, 2.05) is 25.2 Å². The molecule has 1 fully saturated rings. The summed E-state index contributed by atoms with van der Waals surface area (Å²) in [5.41, 5.74) is 1.16. The second-order valence-electron chi connectivity index (χ2n) is 5.17. The molecule has 1 aliphatic rings. The highest BCUT2D eigenvalue weighted by Gasteiger charge is 2.20. The summed E-state index contributed by atoms with van der Waals surface area (Å²) < 4.78 is 5.42. The van der Waals surface area contributed by atoms with Gasteiger partial charge in [0.2, 0.25) is 0 Å². The van der Waals surface area contributed by atoms with E-state index in [1.54, 1.807) is 7.11 Å². The molecule has 1 saturated heterocycles. The van der Waals surface area contributed by atoms with E-state index in [1.165, 1.54) is 0 Å². The van der Waals surface area contributed by atoms with Crippen LogP contribution in [0.15, 0.2) is 24.3 Å². The molecule has 0 amide bonds. The van der Waals surface area contributed by atoms with E-state index >= 15 is 0 Å². The van der Waals surface area contributed by atoms with Crippen molar-refractivity contribution in [3.63, 3.8) is 0 Å². The molecule has 0 saturated carbocycles. The minimum absolute atomic E-state index is 0. The van der Waals surface area contributed by atoms with E-state index in [2.05, 4.69) is 21.2 Å². The van der Waals surface area contributed by atoms with Crippen LogP contribution in [0.4, 0.5) is 5.69 Å². The van der Waals surface area contributed by atoms with Gasteiger partial charge < -0.3 is 20.1 Å². The van der Waals surface area contributed by atoms with E-state index in [0.717, 1.165) is 44.2 Å². The number of ether oxygens (including phenoxy) is 1. The summed E-state index contributed by atoms with van der Waals surface area (Å²) in [6, 6.07) is 8.14. The molecule has 0 aromatic heterocycles. The SMILES string of the molecule is CNCC(O)CN1CCN(c2ccccc2OC)CC1.Cl. The molecule has 1 aliphatic heterocycles. The van der Waals surface area contributed by atoms with Crippen LogP contribution >= 0.6 is 12.4 Å². The van der Waals surface area contributed by atoms with E-state index in [-0.39, 0.29) is 18.5 Å². The van der Waals surface area contributed by atoms with Gasteiger partial charge in [-0.15, -0.1) is 12.4 Å². The molecule has 0 aliphatic carbocycles. The first-order valence-electron chi connectivity index (χ1n) is 7.17. The number of piperazine rings is 1. The minimum Gasteiger partial charge on any atom is -0.495 e. The van der Waals surface area contributed by atoms with Crippen LogP contribution in [0.1, 0.15) is 0 Å². The fraction of sp³-hybridized carbons (Fsp3) is 0.600. The minimum atomic E-state index is -0.294. The summed E-state index contributed by atoms with van der Waals surface area (Å²) in [5.74, 6) is 0.927. The zero-order valence-electron chi connectivity index (χ0n) is 12.8. The third-order valence-electron chi connectivity index (χ3n) is 3.71. The van der Waals surface area contributed by atoms with Gasteiger partial charge in [-0.1, -0.05) is 12.1 Å². The second-order valence-corrected chi connectivity index (χ2v) is 5.17. The van der Waals surface area contributed by atoms with Crippen LogP contribution < -0.4 is 15.0 Å². The van der Waals surface area contributed by atoms with Crippen molar-refractivity contribution in [3.8, 4) is 5.75 Å². The number of β-amino-alcohol motifs (C(OH)–C–C–N with tert-alkyl or cyclic N) is 1. The number of para-hydroxylation sites is 2. The molecule has 5 nitrogen and oxygen atoms in total. The Labute approximate surface area is 133 Å². The van der Waals surface area contributed by atoms with Gasteiger partial charge in [-0.3, -0.25) is 4.90 Å². The van der Waals surface area contributed by atoms with Crippen molar-refractivity contribution in [3.05, 3.63) is 24.3 Å². The van der Waals surface area contributed by atoms with Gasteiger partial charge in [0.05, 0.1) is 18.9 Å². The van der Waals surface area contributed by atoms with Crippen molar-refractivity contribution >= 4 is 18.1 Å². The van der Waals surface area contributed by atoms with E-state index in [0.29, 0.717) is 6.54 Å². The van der Waals surface area contributed by atoms with Crippen LogP contribution in [-0.4, -0.2) is 69.5 Å². The average Bonchev–Trinajstić information content (AvgIpc) is 2.48. The first-order valence-corrected chi connectivity index (χ1v) is 7.17. The lowest BCUT2D eigenvalue weighted by molar-refractivity contribution is 0.109. The molecule has 0 bridgehead atoms. The summed E-state index contributed by atoms with van der Waals surface area (Å²) in [7, 11) is 3.58. The maximum atomic E-state index is 9.83. The number of methoxy groups -OCH3 is 1. The Morgan fingerprint density at radius 2 is 1.90 bits per heavy atom. The summed E-state index contributed by atoms with van der Waals surface area (Å²) in [4.78, 5) is 4.66. The Morgan fingerprint density at radius 3 is 2.52 bits per heavy atom. The quantitative estimate of drug-likeness (QED) is 0.814. The van der Waals surface area contributed by atoms with Gasteiger partial charge in [-0.2, -0.15) is 0 Å². The van der Waals surface area contributed by atoms with Crippen LogP contribution in [0.25, 0.3) is 0 Å². The van der Waals surface area contributed by atoms with Gasteiger partial charge in [0, 0.05) is 39.3 Å². The predicted molar refractivity (Wildman–Crippen MR) is 88.8 cm³/mol. The lowest BCUT2D eigenvalue weighted by Crippen LogP contribution is -2.49. The van der Waals surface area contributed by atoms with Gasteiger partial charge >= 0.3 is 0 Å². The molecular weight excluding hydrogens is 290 g/mol. The monoisotopic (exact) mass is 315 g/mol. The number of hydrogen-bond donors (Lipinski definition) is 2. The summed E-state index contributed by atoms with van der Waals surface area (Å²) in [6.45, 7) is 5.25. The van der Waals surface area contributed by atoms with Crippen LogP contribution in [-0.2, 0) is 0 Å². The molecule has 6 heteroatoms. The maximum absolute atomic E-state index is 9.83. The molecule has 1 atom stereocenters. The first kappa shape index (κ1) is 18.0. The van der Waals surface area contributed by atoms with Crippen LogP contribution in [0.2, 0.25) is 0 Å². The topological polar surface area (TPSA) is 48.0 Å². The average molecular weight is 316 g/mol. The Balaban J connectivity index is 0.00000220. The van der Waals surface area contributed by atoms with Crippen LogP contribution in [0.5, 0.6) is 5.75 Å². The largest absolute Gasteiger partial charge is 0.495 e. The molecule has 0 radical (unpaired) electrons. The summed E-state index contributed by atoms with van der Waals surface area (Å²) in [6.07, 6.45) is -0.294. The van der Waals surface area contributed by atoms with Crippen molar-refractivity contribution in [2.75, 3.05) is 58.3 Å². The number of nitrogens with zero attached hydrogens (tertiary/aromatic N) is 2. The van der Waals surface area contributed by atoms with E-state index in [4.69, 9.17) is 4.74 Å². The third kappa shape index (κ3) is 5.04. The van der Waals surface area contributed by atoms with Crippen molar-refractivity contribution in [1.82, 2.24) is 10.2 Å². The van der Waals surface area contributed by atoms with Crippen LogP contribution in [0.3, 0.4) is 0 Å². The van der Waals surface area contributed by atoms with Gasteiger partial charge in [-0.25, -0.2) is 0 Å². The number of benzene rings is 1. The van der Waals surface area contributed by atoms with Crippen LogP contribution in [0, 0.1) is 0 Å². The Morgan fingerprint density at radius 1 is 1.24 bits per heavy atom. The first-order chi connectivity index (χ1) is 9.74. The second kappa shape index (κ2) is 9.10. The van der Waals surface area contributed by atoms with Crippen molar-refractivity contribution in [2.45, 2.75) is 6.10 Å².